The van der Waals surface area contributed by atoms with Crippen molar-refractivity contribution in [1.29, 1.82) is 0 Å². The molecule has 0 spiro atoms. The van der Waals surface area contributed by atoms with Gasteiger partial charge in [0.1, 0.15) is 5.15 Å². The van der Waals surface area contributed by atoms with Crippen LogP contribution in [-0.2, 0) is 17.1 Å². The zero-order valence-electron chi connectivity index (χ0n) is 25.3. The number of benzene rings is 1. The number of carbonyl (C=O) groups is 1. The number of carbonyl (C=O) groups excluding carboxylic acids is 1. The van der Waals surface area contributed by atoms with Gasteiger partial charge in [-0.15, -0.1) is 0 Å². The lowest BCUT2D eigenvalue weighted by Crippen LogP contribution is -2.37. The van der Waals surface area contributed by atoms with Gasteiger partial charge in [-0.3, -0.25) is 14.2 Å². The molecule has 0 radical (unpaired) electrons. The first-order chi connectivity index (χ1) is 21.4. The van der Waals surface area contributed by atoms with Crippen molar-refractivity contribution < 1.29 is 13.2 Å². The SMILES string of the molecule is Cc1cc([C@@H](C)Nc2ccc(Cl)nc2C(=O)NS(C)(=O)=O)c2nc(N3CCC(c4cc5ccccn5n4)CC3)n(C)c(=O)c2c1. The van der Waals surface area contributed by atoms with Crippen molar-refractivity contribution >= 4 is 55.6 Å². The van der Waals surface area contributed by atoms with Gasteiger partial charge in [-0.1, -0.05) is 23.7 Å². The highest BCUT2D eigenvalue weighted by molar-refractivity contribution is 7.89. The molecule has 1 aromatic carbocycles. The first kappa shape index (κ1) is 30.5. The average Bonchev–Trinajstić information content (AvgIpc) is 3.43. The van der Waals surface area contributed by atoms with Crippen molar-refractivity contribution in [1.82, 2.24) is 28.9 Å². The summed E-state index contributed by atoms with van der Waals surface area (Å²) < 4.78 is 28.9. The van der Waals surface area contributed by atoms with Crippen molar-refractivity contribution in [2.24, 2.45) is 7.05 Å². The molecule has 2 N–H and O–H groups in total. The lowest BCUT2D eigenvalue weighted by molar-refractivity contribution is 0.0977. The van der Waals surface area contributed by atoms with Crippen LogP contribution in [0.25, 0.3) is 16.4 Å². The maximum absolute atomic E-state index is 13.7. The largest absolute Gasteiger partial charge is 0.377 e. The molecule has 5 aromatic rings. The number of pyridine rings is 2. The Labute approximate surface area is 265 Å². The van der Waals surface area contributed by atoms with Gasteiger partial charge in [-0.05, 0) is 68.7 Å². The molecule has 6 rings (SSSR count). The van der Waals surface area contributed by atoms with E-state index >= 15 is 0 Å². The molecular weight excluding hydrogens is 616 g/mol. The number of sulfonamides is 1. The van der Waals surface area contributed by atoms with E-state index in [-0.39, 0.29) is 22.1 Å². The van der Waals surface area contributed by atoms with Crippen LogP contribution < -0.4 is 20.5 Å². The number of amides is 1. The van der Waals surface area contributed by atoms with Gasteiger partial charge >= 0.3 is 0 Å². The molecule has 5 heterocycles. The van der Waals surface area contributed by atoms with Crippen molar-refractivity contribution in [3.05, 3.63) is 92.7 Å². The molecule has 1 aliphatic rings. The lowest BCUT2D eigenvalue weighted by Gasteiger charge is -2.33. The molecule has 0 bridgehead atoms. The van der Waals surface area contributed by atoms with Crippen molar-refractivity contribution in [3.8, 4) is 0 Å². The van der Waals surface area contributed by atoms with Crippen LogP contribution >= 0.6 is 11.6 Å². The third-order valence-electron chi connectivity index (χ3n) is 8.11. The number of nitrogens with one attached hydrogen (secondary N) is 2. The molecule has 1 atom stereocenters. The summed E-state index contributed by atoms with van der Waals surface area (Å²) in [7, 11) is -2.09. The van der Waals surface area contributed by atoms with E-state index in [1.54, 1.807) is 17.7 Å². The molecule has 1 amide bonds. The number of hydrogen-bond acceptors (Lipinski definition) is 9. The van der Waals surface area contributed by atoms with Crippen molar-refractivity contribution in [3.63, 3.8) is 0 Å². The van der Waals surface area contributed by atoms with Crippen LogP contribution in [0.15, 0.2) is 59.5 Å². The van der Waals surface area contributed by atoms with Crippen LogP contribution in [0.3, 0.4) is 0 Å². The Kier molecular flexibility index (Phi) is 8.00. The highest BCUT2D eigenvalue weighted by Crippen LogP contribution is 2.32. The highest BCUT2D eigenvalue weighted by Gasteiger charge is 2.27. The zero-order chi connectivity index (χ0) is 32.0. The molecule has 0 aliphatic carbocycles. The number of hydrogen-bond donors (Lipinski definition) is 2. The monoisotopic (exact) mass is 648 g/mol. The summed E-state index contributed by atoms with van der Waals surface area (Å²) in [6.45, 7) is 5.21. The summed E-state index contributed by atoms with van der Waals surface area (Å²) in [6.07, 6.45) is 4.58. The van der Waals surface area contributed by atoms with Gasteiger partial charge in [0.25, 0.3) is 11.5 Å². The van der Waals surface area contributed by atoms with E-state index in [9.17, 15) is 18.0 Å². The second-order valence-electron chi connectivity index (χ2n) is 11.5. The molecule has 0 saturated carbocycles. The molecule has 1 fully saturated rings. The Morgan fingerprint density at radius 2 is 1.84 bits per heavy atom. The maximum atomic E-state index is 13.7. The van der Waals surface area contributed by atoms with Crippen LogP contribution in [0.5, 0.6) is 0 Å². The molecule has 14 heteroatoms. The molecular formula is C31H33ClN8O4S. The summed E-state index contributed by atoms with van der Waals surface area (Å²) in [6, 6.07) is 14.5. The predicted molar refractivity (Wildman–Crippen MR) is 175 cm³/mol. The van der Waals surface area contributed by atoms with Crippen LogP contribution in [0.1, 0.15) is 59.0 Å². The molecule has 234 valence electrons. The molecule has 1 aliphatic heterocycles. The molecule has 45 heavy (non-hydrogen) atoms. The Balaban J connectivity index is 1.31. The third kappa shape index (κ3) is 6.22. The Bertz CT molecular complexity index is 2090. The second kappa shape index (κ2) is 11.8. The number of nitrogens with zero attached hydrogens (tertiary/aromatic N) is 6. The average molecular weight is 649 g/mol. The van der Waals surface area contributed by atoms with Gasteiger partial charge in [-0.2, -0.15) is 5.10 Å². The van der Waals surface area contributed by atoms with E-state index in [0.29, 0.717) is 35.9 Å². The smallest absolute Gasteiger partial charge is 0.285 e. The normalized spacial score (nSPS) is 15.0. The first-order valence-corrected chi connectivity index (χ1v) is 16.8. The number of aromatic nitrogens is 5. The van der Waals surface area contributed by atoms with Crippen LogP contribution in [0.2, 0.25) is 5.15 Å². The van der Waals surface area contributed by atoms with Crippen molar-refractivity contribution in [2.45, 2.75) is 38.6 Å². The van der Waals surface area contributed by atoms with Crippen LogP contribution in [0.4, 0.5) is 11.6 Å². The van der Waals surface area contributed by atoms with Crippen LogP contribution in [-0.4, -0.2) is 57.8 Å². The fraction of sp³-hybridized carbons (Fsp3) is 0.323. The second-order valence-corrected chi connectivity index (χ2v) is 13.7. The van der Waals surface area contributed by atoms with E-state index in [1.165, 1.54) is 6.07 Å². The summed E-state index contributed by atoms with van der Waals surface area (Å²) in [4.78, 5) is 37.7. The predicted octanol–water partition coefficient (Wildman–Crippen LogP) is 4.18. The van der Waals surface area contributed by atoms with Gasteiger partial charge in [0.2, 0.25) is 16.0 Å². The summed E-state index contributed by atoms with van der Waals surface area (Å²) in [5.74, 6) is -0.0205. The lowest BCUT2D eigenvalue weighted by atomic mass is 9.93. The van der Waals surface area contributed by atoms with E-state index in [2.05, 4.69) is 21.3 Å². The van der Waals surface area contributed by atoms with E-state index in [0.717, 1.165) is 41.4 Å². The Morgan fingerprint density at radius 1 is 1.09 bits per heavy atom. The zero-order valence-corrected chi connectivity index (χ0v) is 26.9. The van der Waals surface area contributed by atoms with E-state index in [4.69, 9.17) is 21.7 Å². The number of halogens is 1. The fourth-order valence-electron chi connectivity index (χ4n) is 5.94. The summed E-state index contributed by atoms with van der Waals surface area (Å²) in [5.41, 5.74) is 4.25. The number of anilines is 2. The molecule has 0 unspecified atom stereocenters. The molecule has 12 nitrogen and oxygen atoms in total. The standard InChI is InChI=1S/C31H33ClN8O4S/c1-18-15-22(19(2)33-24-8-9-26(32)34-28(24)29(41)37-45(4,43)44)27-23(16-18)30(42)38(3)31(35-27)39-13-10-20(11-14-39)25-17-21-7-5-6-12-40(21)36-25/h5-9,12,15-17,19-20,33H,10-11,13-14H2,1-4H3,(H,37,41)/t19-/m1/s1. The van der Waals surface area contributed by atoms with Gasteiger partial charge in [0, 0.05) is 37.8 Å². The minimum absolute atomic E-state index is 0.0348. The Morgan fingerprint density at radius 3 is 2.56 bits per heavy atom. The fourth-order valence-corrected chi connectivity index (χ4v) is 6.52. The van der Waals surface area contributed by atoms with Gasteiger partial charge in [0.15, 0.2) is 5.69 Å². The van der Waals surface area contributed by atoms with E-state index < -0.39 is 22.0 Å². The topological polar surface area (TPSA) is 144 Å². The van der Waals surface area contributed by atoms with Crippen LogP contribution in [0, 0.1) is 6.92 Å². The quantitative estimate of drug-likeness (QED) is 0.248. The minimum atomic E-state index is -3.83. The number of fused-ring (bicyclic) bond motifs is 2. The summed E-state index contributed by atoms with van der Waals surface area (Å²) in [5, 5.41) is 8.55. The van der Waals surface area contributed by atoms with E-state index in [1.807, 2.05) is 59.6 Å². The number of rotatable bonds is 7. The Hall–Kier alpha value is -4.49. The highest BCUT2D eigenvalue weighted by atomic mass is 35.5. The first-order valence-electron chi connectivity index (χ1n) is 14.5. The van der Waals surface area contributed by atoms with Gasteiger partial charge in [0.05, 0.1) is 40.1 Å². The molecule has 1 saturated heterocycles. The van der Waals surface area contributed by atoms with Gasteiger partial charge < -0.3 is 10.2 Å². The van der Waals surface area contributed by atoms with Gasteiger partial charge in [-0.25, -0.2) is 27.6 Å². The van der Waals surface area contributed by atoms with Crippen molar-refractivity contribution in [2.75, 3.05) is 29.6 Å². The molecule has 4 aromatic heterocycles. The third-order valence-corrected chi connectivity index (χ3v) is 8.88. The summed E-state index contributed by atoms with van der Waals surface area (Å²) >= 11 is 6.05. The number of piperidine rings is 1. The maximum Gasteiger partial charge on any atom is 0.285 e. The minimum Gasteiger partial charge on any atom is -0.377 e. The number of aryl methyl sites for hydroxylation is 1.